The molecule has 0 aliphatic heterocycles. The Balaban J connectivity index is 1.76. The number of tetrazole rings is 1. The maximum Gasteiger partial charge on any atom is 0.209 e. The molecule has 1 aromatic rings. The monoisotopic (exact) mass is 283 g/mol. The van der Waals surface area contributed by atoms with Crippen LogP contribution in [0, 0.1) is 5.92 Å². The van der Waals surface area contributed by atoms with E-state index in [2.05, 4.69) is 34.7 Å². The van der Waals surface area contributed by atoms with Crippen LogP contribution < -0.4 is 5.32 Å². The quantitative estimate of drug-likeness (QED) is 0.778. The van der Waals surface area contributed by atoms with Crippen molar-refractivity contribution < 1.29 is 0 Å². The van der Waals surface area contributed by atoms with Crippen LogP contribution in [0.5, 0.6) is 0 Å². The molecule has 0 saturated heterocycles. The molecule has 1 fully saturated rings. The summed E-state index contributed by atoms with van der Waals surface area (Å²) in [5.74, 6) is 0.685. The van der Waals surface area contributed by atoms with Gasteiger partial charge >= 0.3 is 0 Å². The average Bonchev–Trinajstić information content (AvgIpc) is 2.83. The van der Waals surface area contributed by atoms with Crippen molar-refractivity contribution in [1.29, 1.82) is 0 Å². The molecule has 5 nitrogen and oxygen atoms in total. The third-order valence-electron chi connectivity index (χ3n) is 3.38. The summed E-state index contributed by atoms with van der Waals surface area (Å²) in [6.07, 6.45) is 6.72. The molecule has 6 heteroatoms. The highest BCUT2D eigenvalue weighted by molar-refractivity contribution is 7.99. The van der Waals surface area contributed by atoms with Gasteiger partial charge in [0.05, 0.1) is 6.54 Å². The van der Waals surface area contributed by atoms with E-state index in [9.17, 15) is 0 Å². The molecule has 0 atom stereocenters. The lowest BCUT2D eigenvalue weighted by Gasteiger charge is -2.20. The standard InChI is InChI=1S/C13H25N5S/c1-11(2)10-14-8-9-18-13(15-16-17-18)19-12-6-4-3-5-7-12/h11-12,14H,3-10H2,1-2H3. The zero-order valence-corrected chi connectivity index (χ0v) is 12.8. The third kappa shape index (κ3) is 5.10. The Morgan fingerprint density at radius 3 is 2.84 bits per heavy atom. The van der Waals surface area contributed by atoms with E-state index < -0.39 is 0 Å². The van der Waals surface area contributed by atoms with E-state index >= 15 is 0 Å². The summed E-state index contributed by atoms with van der Waals surface area (Å²) >= 11 is 1.86. The smallest absolute Gasteiger partial charge is 0.209 e. The first-order valence-electron chi connectivity index (χ1n) is 7.39. The summed E-state index contributed by atoms with van der Waals surface area (Å²) in [5.41, 5.74) is 0. The Kier molecular flexibility index (Phi) is 6.10. The van der Waals surface area contributed by atoms with Crippen molar-refractivity contribution in [3.8, 4) is 0 Å². The van der Waals surface area contributed by atoms with Crippen molar-refractivity contribution in [3.05, 3.63) is 0 Å². The third-order valence-corrected chi connectivity index (χ3v) is 4.68. The van der Waals surface area contributed by atoms with Crippen LogP contribution in [0.1, 0.15) is 46.0 Å². The fourth-order valence-corrected chi connectivity index (χ4v) is 3.53. The van der Waals surface area contributed by atoms with Gasteiger partial charge in [-0.05, 0) is 35.7 Å². The van der Waals surface area contributed by atoms with Gasteiger partial charge in [0.25, 0.3) is 0 Å². The molecule has 0 radical (unpaired) electrons. The van der Waals surface area contributed by atoms with Crippen molar-refractivity contribution in [2.24, 2.45) is 5.92 Å². The van der Waals surface area contributed by atoms with E-state index in [1.54, 1.807) is 0 Å². The van der Waals surface area contributed by atoms with Gasteiger partial charge in [-0.25, -0.2) is 4.68 Å². The number of hydrogen-bond donors (Lipinski definition) is 1. The number of aromatic nitrogens is 4. The van der Waals surface area contributed by atoms with Crippen LogP contribution in [0.2, 0.25) is 0 Å². The second-order valence-corrected chi connectivity index (χ2v) is 6.93. The first kappa shape index (κ1) is 14.8. The molecule has 0 aromatic carbocycles. The van der Waals surface area contributed by atoms with Crippen molar-refractivity contribution in [2.75, 3.05) is 13.1 Å². The van der Waals surface area contributed by atoms with E-state index in [-0.39, 0.29) is 0 Å². The van der Waals surface area contributed by atoms with Crippen LogP contribution in [0.15, 0.2) is 5.16 Å². The molecule has 2 rings (SSSR count). The van der Waals surface area contributed by atoms with Gasteiger partial charge in [-0.15, -0.1) is 5.10 Å². The Morgan fingerprint density at radius 2 is 2.11 bits per heavy atom. The normalized spacial score (nSPS) is 17.2. The van der Waals surface area contributed by atoms with E-state index in [0.29, 0.717) is 11.2 Å². The highest BCUT2D eigenvalue weighted by Crippen LogP contribution is 2.31. The minimum absolute atomic E-state index is 0.685. The van der Waals surface area contributed by atoms with Crippen LogP contribution in [-0.2, 0) is 6.54 Å². The topological polar surface area (TPSA) is 55.6 Å². The van der Waals surface area contributed by atoms with Crippen molar-refractivity contribution in [1.82, 2.24) is 25.5 Å². The first-order valence-corrected chi connectivity index (χ1v) is 8.27. The summed E-state index contributed by atoms with van der Waals surface area (Å²) < 4.78 is 1.94. The Hall–Kier alpha value is -0.620. The van der Waals surface area contributed by atoms with E-state index in [0.717, 1.165) is 24.8 Å². The molecule has 0 amide bonds. The fourth-order valence-electron chi connectivity index (χ4n) is 2.33. The summed E-state index contributed by atoms with van der Waals surface area (Å²) in [4.78, 5) is 0. The number of nitrogens with one attached hydrogen (secondary N) is 1. The fraction of sp³-hybridized carbons (Fsp3) is 0.923. The lowest BCUT2D eigenvalue weighted by molar-refractivity contribution is 0.479. The minimum Gasteiger partial charge on any atom is -0.315 e. The van der Waals surface area contributed by atoms with Crippen LogP contribution in [0.25, 0.3) is 0 Å². The van der Waals surface area contributed by atoms with Gasteiger partial charge in [0.2, 0.25) is 5.16 Å². The lowest BCUT2D eigenvalue weighted by Crippen LogP contribution is -2.24. The molecule has 1 aliphatic carbocycles. The Morgan fingerprint density at radius 1 is 1.32 bits per heavy atom. The van der Waals surface area contributed by atoms with Crippen LogP contribution in [0.4, 0.5) is 0 Å². The highest BCUT2D eigenvalue weighted by atomic mass is 32.2. The minimum atomic E-state index is 0.685. The largest absolute Gasteiger partial charge is 0.315 e. The number of thioether (sulfide) groups is 1. The molecule has 1 aromatic heterocycles. The van der Waals surface area contributed by atoms with E-state index in [1.165, 1.54) is 32.1 Å². The Bertz CT molecular complexity index is 360. The zero-order chi connectivity index (χ0) is 13.5. The van der Waals surface area contributed by atoms with Gasteiger partial charge in [0.1, 0.15) is 0 Å². The maximum absolute atomic E-state index is 4.16. The average molecular weight is 283 g/mol. The van der Waals surface area contributed by atoms with Gasteiger partial charge in [-0.2, -0.15) is 0 Å². The molecule has 1 heterocycles. The maximum atomic E-state index is 4.16. The molecule has 108 valence electrons. The highest BCUT2D eigenvalue weighted by Gasteiger charge is 2.18. The van der Waals surface area contributed by atoms with E-state index in [1.807, 2.05) is 16.4 Å². The second-order valence-electron chi connectivity index (χ2n) is 5.66. The van der Waals surface area contributed by atoms with Crippen molar-refractivity contribution >= 4 is 11.8 Å². The van der Waals surface area contributed by atoms with E-state index in [4.69, 9.17) is 0 Å². The second kappa shape index (κ2) is 7.85. The van der Waals surface area contributed by atoms with Crippen molar-refractivity contribution in [3.63, 3.8) is 0 Å². The molecule has 0 unspecified atom stereocenters. The van der Waals surface area contributed by atoms with Gasteiger partial charge in [0.15, 0.2) is 0 Å². The zero-order valence-electron chi connectivity index (χ0n) is 12.0. The predicted octanol–water partition coefficient (Wildman–Crippen LogP) is 2.34. The molecule has 1 N–H and O–H groups in total. The predicted molar refractivity (Wildman–Crippen MR) is 78.3 cm³/mol. The summed E-state index contributed by atoms with van der Waals surface area (Å²) in [5, 5.41) is 17.2. The van der Waals surface area contributed by atoms with Crippen LogP contribution in [-0.4, -0.2) is 38.5 Å². The first-order chi connectivity index (χ1) is 9.25. The summed E-state index contributed by atoms with van der Waals surface area (Å²) in [6.45, 7) is 7.27. The lowest BCUT2D eigenvalue weighted by atomic mass is 10.0. The number of rotatable bonds is 7. The Labute approximate surface area is 119 Å². The molecular weight excluding hydrogens is 258 g/mol. The SMILES string of the molecule is CC(C)CNCCn1nnnc1SC1CCCCC1. The number of nitrogens with zero attached hydrogens (tertiary/aromatic N) is 4. The van der Waals surface area contributed by atoms with Crippen LogP contribution >= 0.6 is 11.8 Å². The summed E-state index contributed by atoms with van der Waals surface area (Å²) in [6, 6.07) is 0. The van der Waals surface area contributed by atoms with Gasteiger partial charge in [-0.1, -0.05) is 44.9 Å². The van der Waals surface area contributed by atoms with Gasteiger partial charge < -0.3 is 5.32 Å². The van der Waals surface area contributed by atoms with Crippen molar-refractivity contribution in [2.45, 2.75) is 62.9 Å². The van der Waals surface area contributed by atoms with Gasteiger partial charge in [0, 0.05) is 11.8 Å². The molecular formula is C13H25N5S. The molecule has 0 spiro atoms. The molecule has 0 bridgehead atoms. The number of hydrogen-bond acceptors (Lipinski definition) is 5. The molecule has 1 aliphatic rings. The van der Waals surface area contributed by atoms with Gasteiger partial charge in [-0.3, -0.25) is 0 Å². The molecule has 1 saturated carbocycles. The van der Waals surface area contributed by atoms with Crippen LogP contribution in [0.3, 0.4) is 0 Å². The summed E-state index contributed by atoms with van der Waals surface area (Å²) in [7, 11) is 0. The molecule has 19 heavy (non-hydrogen) atoms.